The molecular weight excluding hydrogens is 304 g/mol. The number of rotatable bonds is 9. The van der Waals surface area contributed by atoms with Crippen LogP contribution >= 0.6 is 23.8 Å². The van der Waals surface area contributed by atoms with Gasteiger partial charge in [-0.15, -0.1) is 0 Å². The summed E-state index contributed by atoms with van der Waals surface area (Å²) in [5.74, 6) is -0.0229. The summed E-state index contributed by atoms with van der Waals surface area (Å²) in [6, 6.07) is 5.11. The van der Waals surface area contributed by atoms with Crippen molar-refractivity contribution in [3.63, 3.8) is 0 Å². The van der Waals surface area contributed by atoms with Gasteiger partial charge in [0.25, 0.3) is 0 Å². The lowest BCUT2D eigenvalue weighted by molar-refractivity contribution is -0.116. The number of nitrogens with one attached hydrogen (secondary N) is 1. The van der Waals surface area contributed by atoms with Gasteiger partial charge in [-0.1, -0.05) is 62.8 Å². The SMILES string of the molecule is CCCCCCCCC(=O)Nc1cc(Cl)ccc1C(N)=S. The molecule has 0 fully saturated rings. The number of anilines is 1. The summed E-state index contributed by atoms with van der Waals surface area (Å²) in [5, 5.41) is 3.39. The number of amides is 1. The van der Waals surface area contributed by atoms with Crippen molar-refractivity contribution in [2.75, 3.05) is 5.32 Å². The molecule has 0 aliphatic carbocycles. The molecule has 116 valence electrons. The third kappa shape index (κ3) is 6.91. The molecule has 0 spiro atoms. The average molecular weight is 327 g/mol. The second-order valence-corrected chi connectivity index (χ2v) is 6.00. The van der Waals surface area contributed by atoms with E-state index in [9.17, 15) is 4.79 Å². The van der Waals surface area contributed by atoms with E-state index in [-0.39, 0.29) is 10.9 Å². The molecule has 21 heavy (non-hydrogen) atoms. The number of carbonyl (C=O) groups excluding carboxylic acids is 1. The molecule has 1 rings (SSSR count). The van der Waals surface area contributed by atoms with Crippen LogP contribution in [0.25, 0.3) is 0 Å². The van der Waals surface area contributed by atoms with Crippen molar-refractivity contribution in [1.29, 1.82) is 0 Å². The minimum Gasteiger partial charge on any atom is -0.389 e. The molecule has 0 unspecified atom stereocenters. The minimum absolute atomic E-state index is 0.0229. The summed E-state index contributed by atoms with van der Waals surface area (Å²) in [6.45, 7) is 2.19. The number of hydrogen-bond donors (Lipinski definition) is 2. The van der Waals surface area contributed by atoms with Gasteiger partial charge in [0.2, 0.25) is 5.91 Å². The van der Waals surface area contributed by atoms with Crippen LogP contribution in [0.4, 0.5) is 5.69 Å². The van der Waals surface area contributed by atoms with Gasteiger partial charge < -0.3 is 11.1 Å². The van der Waals surface area contributed by atoms with Crippen molar-refractivity contribution in [1.82, 2.24) is 0 Å². The van der Waals surface area contributed by atoms with Crippen molar-refractivity contribution in [3.8, 4) is 0 Å². The number of halogens is 1. The first-order valence-electron chi connectivity index (χ1n) is 7.43. The fourth-order valence-corrected chi connectivity index (χ4v) is 2.46. The van der Waals surface area contributed by atoms with Crippen LogP contribution in [0, 0.1) is 0 Å². The maximum Gasteiger partial charge on any atom is 0.224 e. The molecule has 0 aliphatic rings. The number of benzene rings is 1. The predicted molar refractivity (Wildman–Crippen MR) is 94.0 cm³/mol. The van der Waals surface area contributed by atoms with Gasteiger partial charge in [-0.3, -0.25) is 4.79 Å². The maximum atomic E-state index is 11.9. The third-order valence-electron chi connectivity index (χ3n) is 3.28. The molecule has 0 bridgehead atoms. The number of nitrogens with two attached hydrogens (primary N) is 1. The fraction of sp³-hybridized carbons (Fsp3) is 0.500. The van der Waals surface area contributed by atoms with E-state index in [0.717, 1.165) is 12.8 Å². The lowest BCUT2D eigenvalue weighted by Crippen LogP contribution is -2.17. The summed E-state index contributed by atoms with van der Waals surface area (Å²) in [4.78, 5) is 12.2. The van der Waals surface area contributed by atoms with E-state index in [1.54, 1.807) is 18.2 Å². The van der Waals surface area contributed by atoms with Crippen molar-refractivity contribution in [2.24, 2.45) is 5.73 Å². The second-order valence-electron chi connectivity index (χ2n) is 5.12. The molecule has 0 atom stereocenters. The molecule has 0 saturated heterocycles. The summed E-state index contributed by atoms with van der Waals surface area (Å²) in [5.41, 5.74) is 6.88. The Labute approximate surface area is 137 Å². The summed E-state index contributed by atoms with van der Waals surface area (Å²) < 4.78 is 0. The van der Waals surface area contributed by atoms with Crippen molar-refractivity contribution in [3.05, 3.63) is 28.8 Å². The highest BCUT2D eigenvalue weighted by atomic mass is 35.5. The van der Waals surface area contributed by atoms with Crippen molar-refractivity contribution >= 4 is 40.4 Å². The second kappa shape index (κ2) is 9.74. The van der Waals surface area contributed by atoms with E-state index in [1.807, 2.05) is 0 Å². The Kier molecular flexibility index (Phi) is 8.31. The van der Waals surface area contributed by atoms with Crippen LogP contribution in [-0.2, 0) is 4.79 Å². The molecule has 3 N–H and O–H groups in total. The summed E-state index contributed by atoms with van der Waals surface area (Å²) in [6.07, 6.45) is 7.44. The molecule has 0 saturated carbocycles. The maximum absolute atomic E-state index is 11.9. The smallest absolute Gasteiger partial charge is 0.224 e. The van der Waals surface area contributed by atoms with Crippen LogP contribution in [0.2, 0.25) is 5.02 Å². The van der Waals surface area contributed by atoms with Gasteiger partial charge in [0, 0.05) is 17.0 Å². The van der Waals surface area contributed by atoms with Crippen LogP contribution in [-0.4, -0.2) is 10.9 Å². The first kappa shape index (κ1) is 17.9. The zero-order valence-electron chi connectivity index (χ0n) is 12.5. The highest BCUT2D eigenvalue weighted by Gasteiger charge is 2.09. The van der Waals surface area contributed by atoms with Crippen LogP contribution in [0.5, 0.6) is 0 Å². The Morgan fingerprint density at radius 1 is 1.24 bits per heavy atom. The lowest BCUT2D eigenvalue weighted by atomic mass is 10.1. The molecule has 1 aromatic rings. The van der Waals surface area contributed by atoms with Crippen LogP contribution in [0.3, 0.4) is 0 Å². The Bertz CT molecular complexity index is 491. The predicted octanol–water partition coefficient (Wildman–Crippen LogP) is 4.66. The van der Waals surface area contributed by atoms with Gasteiger partial charge in [0.05, 0.1) is 5.69 Å². The zero-order valence-corrected chi connectivity index (χ0v) is 14.0. The van der Waals surface area contributed by atoms with Gasteiger partial charge in [-0.05, 0) is 24.6 Å². The Morgan fingerprint density at radius 2 is 1.90 bits per heavy atom. The van der Waals surface area contributed by atoms with Gasteiger partial charge in [-0.2, -0.15) is 0 Å². The monoisotopic (exact) mass is 326 g/mol. The van der Waals surface area contributed by atoms with Crippen LogP contribution in [0.15, 0.2) is 18.2 Å². The molecule has 0 aromatic heterocycles. The Hall–Kier alpha value is -1.13. The van der Waals surface area contributed by atoms with Gasteiger partial charge in [-0.25, -0.2) is 0 Å². The highest BCUT2D eigenvalue weighted by molar-refractivity contribution is 7.80. The topological polar surface area (TPSA) is 55.1 Å². The summed E-state index contributed by atoms with van der Waals surface area (Å²) >= 11 is 10.9. The van der Waals surface area contributed by atoms with Crippen molar-refractivity contribution < 1.29 is 4.79 Å². The van der Waals surface area contributed by atoms with E-state index in [0.29, 0.717) is 22.7 Å². The molecule has 0 radical (unpaired) electrons. The van der Waals surface area contributed by atoms with E-state index in [1.165, 1.54) is 25.7 Å². The molecule has 0 aliphatic heterocycles. The molecule has 5 heteroatoms. The van der Waals surface area contributed by atoms with E-state index < -0.39 is 0 Å². The standard InChI is InChI=1S/C16H23ClN2OS/c1-2-3-4-5-6-7-8-15(20)19-14-11-12(17)9-10-13(14)16(18)21/h9-11H,2-8H2,1H3,(H2,18,21)(H,19,20). The number of thiocarbonyl (C=S) groups is 1. The number of carbonyl (C=O) groups is 1. The van der Waals surface area contributed by atoms with Gasteiger partial charge in [0.1, 0.15) is 4.99 Å². The normalized spacial score (nSPS) is 10.4. The Balaban J connectivity index is 2.44. The van der Waals surface area contributed by atoms with E-state index in [4.69, 9.17) is 29.6 Å². The quantitative estimate of drug-likeness (QED) is 0.512. The van der Waals surface area contributed by atoms with Gasteiger partial charge >= 0.3 is 0 Å². The largest absolute Gasteiger partial charge is 0.389 e. The molecule has 0 heterocycles. The molecule has 1 amide bonds. The van der Waals surface area contributed by atoms with Gasteiger partial charge in [0.15, 0.2) is 0 Å². The molecule has 1 aromatic carbocycles. The minimum atomic E-state index is -0.0229. The fourth-order valence-electron chi connectivity index (χ4n) is 2.11. The summed E-state index contributed by atoms with van der Waals surface area (Å²) in [7, 11) is 0. The van der Waals surface area contributed by atoms with E-state index >= 15 is 0 Å². The molecule has 3 nitrogen and oxygen atoms in total. The zero-order chi connectivity index (χ0) is 15.7. The first-order chi connectivity index (χ1) is 10.0. The van der Waals surface area contributed by atoms with Crippen LogP contribution < -0.4 is 11.1 Å². The van der Waals surface area contributed by atoms with Crippen molar-refractivity contribution in [2.45, 2.75) is 51.9 Å². The third-order valence-corrected chi connectivity index (χ3v) is 3.73. The van der Waals surface area contributed by atoms with Crippen LogP contribution in [0.1, 0.15) is 57.4 Å². The first-order valence-corrected chi connectivity index (χ1v) is 8.22. The highest BCUT2D eigenvalue weighted by Crippen LogP contribution is 2.21. The van der Waals surface area contributed by atoms with E-state index in [2.05, 4.69) is 12.2 Å². The molecular formula is C16H23ClN2OS. The number of hydrogen-bond acceptors (Lipinski definition) is 2. The number of unbranched alkanes of at least 4 members (excludes halogenated alkanes) is 5. The average Bonchev–Trinajstić information content (AvgIpc) is 2.42. The Morgan fingerprint density at radius 3 is 2.57 bits per heavy atom. The lowest BCUT2D eigenvalue weighted by Gasteiger charge is -2.10.